The fourth-order valence-corrected chi connectivity index (χ4v) is 6.66. The van der Waals surface area contributed by atoms with Gasteiger partial charge in [-0.2, -0.15) is 23.5 Å². The molecule has 0 unspecified atom stereocenters. The standard InChI is InChI=1S/C26H31B5F3N5O2S/c1-2-38-13-20(23(36-38)24(32,33)34)17-7-4-3-6-16(17)19-12-37(14-21-18(19)10-15(11-35)42-21)22(40)8-5-9-39(25(27,28)29)26(30,31)41/h3-8,10,13,19,41H,2,9,12,14,27-31H2,1H3/b8-5+/t19-/m0/s1. The molecule has 0 radical (unpaired) electrons. The van der Waals surface area contributed by atoms with Crippen LogP contribution in [0.5, 0.6) is 0 Å². The lowest BCUT2D eigenvalue weighted by Gasteiger charge is -2.44. The normalized spacial score (nSPS) is 16.1. The first-order valence-electron chi connectivity index (χ1n) is 13.8. The average Bonchev–Trinajstić information content (AvgIpc) is 3.53. The SMILES string of the molecule is BC(B)(B)N(C/C=C/C(=O)N1Cc2sc(C#N)cc2[C@H](c2ccccc2-c2cn(CC)nc2C(F)(F)F)C1)C(B)(B)O. The number of aliphatic hydroxyl groups is 1. The number of benzene rings is 1. The molecule has 1 amide bonds. The van der Waals surface area contributed by atoms with Crippen molar-refractivity contribution < 1.29 is 23.1 Å². The molecule has 1 atom stereocenters. The van der Waals surface area contributed by atoms with Crippen LogP contribution in [0.3, 0.4) is 0 Å². The third kappa shape index (κ3) is 6.74. The Bertz CT molecular complexity index is 1520. The van der Waals surface area contributed by atoms with Gasteiger partial charge in [0.2, 0.25) is 5.91 Å². The molecule has 16 heteroatoms. The summed E-state index contributed by atoms with van der Waals surface area (Å²) in [6.45, 7) is 2.86. The first-order valence-corrected chi connectivity index (χ1v) is 14.6. The van der Waals surface area contributed by atoms with E-state index >= 15 is 0 Å². The number of thiophene rings is 1. The zero-order chi connectivity index (χ0) is 31.0. The second-order valence-corrected chi connectivity index (χ2v) is 13.0. The summed E-state index contributed by atoms with van der Waals surface area (Å²) in [5.41, 5.74) is -0.220. The molecule has 1 aliphatic heterocycles. The fourth-order valence-electron chi connectivity index (χ4n) is 5.63. The topological polar surface area (TPSA) is 85.4 Å². The number of nitriles is 1. The van der Waals surface area contributed by atoms with Crippen molar-refractivity contribution in [1.29, 1.82) is 5.26 Å². The van der Waals surface area contributed by atoms with Crippen LogP contribution in [0.4, 0.5) is 13.2 Å². The van der Waals surface area contributed by atoms with Gasteiger partial charge in [-0.1, -0.05) is 35.6 Å². The minimum Gasteiger partial charge on any atom is -0.394 e. The highest BCUT2D eigenvalue weighted by molar-refractivity contribution is 7.12. The number of carbonyl (C=O) groups is 1. The Hall–Kier alpha value is -3.14. The quantitative estimate of drug-likeness (QED) is 0.213. The molecule has 214 valence electrons. The molecular weight excluding hydrogens is 557 g/mol. The number of carbonyl (C=O) groups excluding carboxylic acids is 1. The summed E-state index contributed by atoms with van der Waals surface area (Å²) in [6.07, 6.45) is -0.0407. The number of fused-ring (bicyclic) bond motifs is 1. The van der Waals surface area contributed by atoms with Crippen molar-refractivity contribution >= 4 is 56.5 Å². The average molecular weight is 589 g/mol. The van der Waals surface area contributed by atoms with Crippen LogP contribution in [0.25, 0.3) is 11.1 Å². The molecule has 1 aromatic carbocycles. The van der Waals surface area contributed by atoms with E-state index in [4.69, 9.17) is 0 Å². The van der Waals surface area contributed by atoms with E-state index in [1.54, 1.807) is 63.9 Å². The number of nitrogens with zero attached hydrogens (tertiary/aromatic N) is 5. The van der Waals surface area contributed by atoms with Crippen LogP contribution in [-0.4, -0.2) is 93.7 Å². The Morgan fingerprint density at radius 2 is 1.90 bits per heavy atom. The number of aromatic nitrogens is 2. The van der Waals surface area contributed by atoms with Crippen molar-refractivity contribution in [3.63, 3.8) is 0 Å². The predicted molar refractivity (Wildman–Crippen MR) is 171 cm³/mol. The molecule has 3 aromatic rings. The number of halogens is 3. The van der Waals surface area contributed by atoms with Gasteiger partial charge in [-0.3, -0.25) is 9.48 Å². The van der Waals surface area contributed by atoms with Crippen LogP contribution < -0.4 is 0 Å². The van der Waals surface area contributed by atoms with Gasteiger partial charge < -0.3 is 14.9 Å². The second-order valence-electron chi connectivity index (χ2n) is 11.9. The molecule has 0 fully saturated rings. The number of alkyl halides is 3. The van der Waals surface area contributed by atoms with Gasteiger partial charge in [0.1, 0.15) is 50.2 Å². The van der Waals surface area contributed by atoms with Gasteiger partial charge in [-0.05, 0) is 29.7 Å². The zero-order valence-corrected chi connectivity index (χ0v) is 25.5. The second kappa shape index (κ2) is 11.9. The van der Waals surface area contributed by atoms with Crippen LogP contribution in [0.2, 0.25) is 0 Å². The van der Waals surface area contributed by atoms with Crippen molar-refractivity contribution in [2.24, 2.45) is 0 Å². The molecule has 2 aromatic heterocycles. The van der Waals surface area contributed by atoms with E-state index in [0.29, 0.717) is 29.1 Å². The van der Waals surface area contributed by atoms with Crippen molar-refractivity contribution in [2.45, 2.75) is 42.9 Å². The van der Waals surface area contributed by atoms with Gasteiger partial charge in [0.15, 0.2) is 5.69 Å². The first kappa shape index (κ1) is 31.8. The summed E-state index contributed by atoms with van der Waals surface area (Å²) >= 11 is 1.29. The van der Waals surface area contributed by atoms with Gasteiger partial charge in [0, 0.05) is 53.8 Å². The lowest BCUT2D eigenvalue weighted by molar-refractivity contribution is -0.141. The number of amides is 1. The highest BCUT2D eigenvalue weighted by Crippen LogP contribution is 2.44. The smallest absolute Gasteiger partial charge is 0.394 e. The maximum atomic E-state index is 14.0. The van der Waals surface area contributed by atoms with Crippen LogP contribution >= 0.6 is 11.3 Å². The Morgan fingerprint density at radius 3 is 2.50 bits per heavy atom. The molecule has 7 nitrogen and oxygen atoms in total. The molecule has 1 N–H and O–H groups in total. The molecule has 4 rings (SSSR count). The molecule has 0 saturated carbocycles. The van der Waals surface area contributed by atoms with E-state index < -0.39 is 23.3 Å². The Balaban J connectivity index is 1.73. The van der Waals surface area contributed by atoms with Crippen molar-refractivity contribution in [1.82, 2.24) is 19.6 Å². The van der Waals surface area contributed by atoms with E-state index in [-0.39, 0.29) is 29.8 Å². The van der Waals surface area contributed by atoms with Crippen molar-refractivity contribution in [3.05, 3.63) is 75.3 Å². The first-order chi connectivity index (χ1) is 19.5. The highest BCUT2D eigenvalue weighted by Gasteiger charge is 2.39. The summed E-state index contributed by atoms with van der Waals surface area (Å²) in [4.78, 5) is 18.3. The van der Waals surface area contributed by atoms with E-state index in [2.05, 4.69) is 11.2 Å². The maximum absolute atomic E-state index is 14.0. The summed E-state index contributed by atoms with van der Waals surface area (Å²) in [7, 11) is 9.33. The highest BCUT2D eigenvalue weighted by atomic mass is 32.1. The predicted octanol–water partition coefficient (Wildman–Crippen LogP) is -0.765. The number of hydrogen-bond donors (Lipinski definition) is 1. The largest absolute Gasteiger partial charge is 0.435 e. The third-order valence-electron chi connectivity index (χ3n) is 7.38. The minimum atomic E-state index is -4.65. The molecule has 3 heterocycles. The summed E-state index contributed by atoms with van der Waals surface area (Å²) in [5.74, 6) is -0.705. The van der Waals surface area contributed by atoms with Crippen LogP contribution in [0.15, 0.2) is 48.7 Å². The van der Waals surface area contributed by atoms with E-state index in [1.807, 2.05) is 28.4 Å². The van der Waals surface area contributed by atoms with Crippen molar-refractivity contribution in [2.75, 3.05) is 13.1 Å². The number of rotatable bonds is 8. The molecule has 0 aliphatic carbocycles. The Morgan fingerprint density at radius 1 is 1.21 bits per heavy atom. The van der Waals surface area contributed by atoms with Crippen molar-refractivity contribution in [3.8, 4) is 17.2 Å². The van der Waals surface area contributed by atoms with Crippen LogP contribution in [0.1, 0.15) is 39.4 Å². The summed E-state index contributed by atoms with van der Waals surface area (Å²) in [6, 6.07) is 10.8. The van der Waals surface area contributed by atoms with Gasteiger partial charge in [0.25, 0.3) is 0 Å². The van der Waals surface area contributed by atoms with Crippen LogP contribution in [0, 0.1) is 11.3 Å². The molecular formula is C26H31B5F3N5O2S. The van der Waals surface area contributed by atoms with E-state index in [0.717, 1.165) is 10.4 Å². The van der Waals surface area contributed by atoms with Gasteiger partial charge >= 0.3 is 6.18 Å². The zero-order valence-electron chi connectivity index (χ0n) is 24.7. The fraction of sp³-hybridized carbons (Fsp3) is 0.346. The summed E-state index contributed by atoms with van der Waals surface area (Å²) < 4.78 is 43.4. The lowest BCUT2D eigenvalue weighted by atomic mass is 9.46. The number of hydrogen-bond acceptors (Lipinski definition) is 6. The van der Waals surface area contributed by atoms with Gasteiger partial charge in [-0.15, -0.1) is 11.3 Å². The number of aryl methyl sites for hydroxylation is 1. The Labute approximate surface area is 252 Å². The lowest BCUT2D eigenvalue weighted by Crippen LogP contribution is -2.63. The van der Waals surface area contributed by atoms with Gasteiger partial charge in [-0.25, -0.2) is 0 Å². The molecule has 42 heavy (non-hydrogen) atoms. The molecule has 1 aliphatic rings. The monoisotopic (exact) mass is 589 g/mol. The third-order valence-corrected chi connectivity index (χ3v) is 8.42. The molecule has 0 spiro atoms. The molecule has 0 bridgehead atoms. The van der Waals surface area contributed by atoms with E-state index in [1.165, 1.54) is 28.3 Å². The maximum Gasteiger partial charge on any atom is 0.435 e. The minimum absolute atomic E-state index is 0.0190. The van der Waals surface area contributed by atoms with Gasteiger partial charge in [0.05, 0.1) is 6.54 Å². The Kier molecular flexibility index (Phi) is 8.98. The van der Waals surface area contributed by atoms with E-state index in [9.17, 15) is 28.3 Å². The van der Waals surface area contributed by atoms with Crippen LogP contribution in [-0.2, 0) is 24.1 Å². The molecule has 0 saturated heterocycles. The summed E-state index contributed by atoms with van der Waals surface area (Å²) in [5, 5.41) is 23.7.